The zero-order chi connectivity index (χ0) is 18.1. The van der Waals surface area contributed by atoms with Gasteiger partial charge in [-0.05, 0) is 62.0 Å². The first-order valence-corrected chi connectivity index (χ1v) is 9.22. The van der Waals surface area contributed by atoms with Crippen molar-refractivity contribution in [2.75, 3.05) is 0 Å². The van der Waals surface area contributed by atoms with Crippen molar-refractivity contribution in [3.05, 3.63) is 78.3 Å². The Kier molecular flexibility index (Phi) is 4.51. The molecule has 1 fully saturated rings. The van der Waals surface area contributed by atoms with Crippen molar-refractivity contribution in [3.63, 3.8) is 0 Å². The van der Waals surface area contributed by atoms with E-state index in [2.05, 4.69) is 52.1 Å². The summed E-state index contributed by atoms with van der Waals surface area (Å²) in [4.78, 5) is 6.75. The van der Waals surface area contributed by atoms with Gasteiger partial charge in [0.05, 0.1) is 30.6 Å². The third-order valence-corrected chi connectivity index (χ3v) is 5.13. The molecule has 3 aromatic rings. The molecular formula is C20H22N4OS. The minimum Gasteiger partial charge on any atom is -0.467 e. The quantitative estimate of drug-likeness (QED) is 0.685. The molecule has 1 N–H and O–H groups in total. The Morgan fingerprint density at radius 2 is 2.12 bits per heavy atom. The number of rotatable bonds is 5. The molecule has 0 aromatic carbocycles. The summed E-state index contributed by atoms with van der Waals surface area (Å²) in [5.74, 6) is 0.893. The molecular weight excluding hydrogens is 344 g/mol. The van der Waals surface area contributed by atoms with E-state index in [0.29, 0.717) is 12.6 Å². The predicted octanol–water partition coefficient (Wildman–Crippen LogP) is 4.23. The van der Waals surface area contributed by atoms with E-state index < -0.39 is 0 Å². The van der Waals surface area contributed by atoms with Gasteiger partial charge in [0.1, 0.15) is 5.76 Å². The van der Waals surface area contributed by atoms with E-state index in [-0.39, 0.29) is 12.1 Å². The highest BCUT2D eigenvalue weighted by Gasteiger charge is 2.40. The molecule has 3 aromatic heterocycles. The van der Waals surface area contributed by atoms with Gasteiger partial charge in [-0.3, -0.25) is 4.98 Å². The summed E-state index contributed by atoms with van der Waals surface area (Å²) in [7, 11) is 0. The van der Waals surface area contributed by atoms with Crippen LogP contribution in [0.25, 0.3) is 0 Å². The lowest BCUT2D eigenvalue weighted by Crippen LogP contribution is -2.28. The Morgan fingerprint density at radius 3 is 2.77 bits per heavy atom. The Labute approximate surface area is 158 Å². The minimum atomic E-state index is 0.00155. The first-order valence-electron chi connectivity index (χ1n) is 8.81. The van der Waals surface area contributed by atoms with Crippen LogP contribution < -0.4 is 5.32 Å². The summed E-state index contributed by atoms with van der Waals surface area (Å²) in [5, 5.41) is 4.19. The van der Waals surface area contributed by atoms with Crippen LogP contribution in [0, 0.1) is 0 Å². The number of aromatic nitrogens is 2. The first-order chi connectivity index (χ1) is 12.6. The van der Waals surface area contributed by atoms with Crippen molar-refractivity contribution >= 4 is 17.3 Å². The molecule has 6 heteroatoms. The normalized spacial score (nSPS) is 20.0. The molecule has 0 spiro atoms. The molecule has 4 heterocycles. The molecule has 0 aliphatic carbocycles. The second kappa shape index (κ2) is 6.96. The topological polar surface area (TPSA) is 46.2 Å². The second-order valence-electron chi connectivity index (χ2n) is 6.82. The van der Waals surface area contributed by atoms with E-state index in [0.717, 1.165) is 16.6 Å². The van der Waals surface area contributed by atoms with Gasteiger partial charge in [0.25, 0.3) is 0 Å². The van der Waals surface area contributed by atoms with Gasteiger partial charge in [0.15, 0.2) is 5.11 Å². The average molecular weight is 366 g/mol. The fraction of sp³-hybridized carbons (Fsp3) is 0.300. The molecule has 0 bridgehead atoms. The van der Waals surface area contributed by atoms with E-state index in [1.807, 2.05) is 36.5 Å². The maximum absolute atomic E-state index is 5.66. The summed E-state index contributed by atoms with van der Waals surface area (Å²) in [6.07, 6.45) is 7.85. The number of nitrogens with one attached hydrogen (secondary N) is 1. The lowest BCUT2D eigenvalue weighted by atomic mass is 9.99. The first kappa shape index (κ1) is 16.8. The average Bonchev–Trinajstić information content (AvgIpc) is 3.37. The van der Waals surface area contributed by atoms with Crippen molar-refractivity contribution in [2.45, 2.75) is 38.5 Å². The molecule has 134 valence electrons. The van der Waals surface area contributed by atoms with Crippen molar-refractivity contribution in [1.82, 2.24) is 19.8 Å². The maximum Gasteiger partial charge on any atom is 0.170 e. The van der Waals surface area contributed by atoms with Crippen molar-refractivity contribution < 1.29 is 4.42 Å². The van der Waals surface area contributed by atoms with Crippen molar-refractivity contribution in [3.8, 4) is 0 Å². The van der Waals surface area contributed by atoms with Crippen molar-refractivity contribution in [2.24, 2.45) is 0 Å². The molecule has 1 saturated heterocycles. The predicted molar refractivity (Wildman–Crippen MR) is 105 cm³/mol. The van der Waals surface area contributed by atoms with Crippen molar-refractivity contribution in [1.29, 1.82) is 0 Å². The highest BCUT2D eigenvalue weighted by atomic mass is 32.1. The number of nitrogens with zero attached hydrogens (tertiary/aromatic N) is 3. The summed E-state index contributed by atoms with van der Waals surface area (Å²) < 4.78 is 7.78. The van der Waals surface area contributed by atoms with Crippen LogP contribution in [0.3, 0.4) is 0 Å². The maximum atomic E-state index is 5.66. The van der Waals surface area contributed by atoms with E-state index in [9.17, 15) is 0 Å². The van der Waals surface area contributed by atoms with Gasteiger partial charge in [-0.15, -0.1) is 0 Å². The standard InChI is InChI=1S/C20H22N4OS/c1-14(2)23-10-8-15(12-23)19-18(17-7-3-4-9-21-17)22-20(26)24(19)13-16-6-5-11-25-16/h3-12,14,18-19H,13H2,1-2H3,(H,22,26)/t18-,19-/m1/s1. The zero-order valence-corrected chi connectivity index (χ0v) is 15.7. The van der Waals surface area contributed by atoms with E-state index in [4.69, 9.17) is 16.6 Å². The van der Waals surface area contributed by atoms with Gasteiger partial charge in [-0.1, -0.05) is 6.07 Å². The summed E-state index contributed by atoms with van der Waals surface area (Å²) in [5.41, 5.74) is 2.20. The number of hydrogen-bond acceptors (Lipinski definition) is 3. The monoisotopic (exact) mass is 366 g/mol. The largest absolute Gasteiger partial charge is 0.467 e. The van der Waals surface area contributed by atoms with Gasteiger partial charge in [-0.2, -0.15) is 0 Å². The second-order valence-corrected chi connectivity index (χ2v) is 7.21. The summed E-state index contributed by atoms with van der Waals surface area (Å²) in [6.45, 7) is 4.98. The van der Waals surface area contributed by atoms with Crippen LogP contribution in [-0.2, 0) is 6.54 Å². The third kappa shape index (κ3) is 3.12. The Bertz CT molecular complexity index is 872. The molecule has 1 aliphatic heterocycles. The minimum absolute atomic E-state index is 0.00155. The zero-order valence-electron chi connectivity index (χ0n) is 14.9. The molecule has 0 amide bonds. The van der Waals surface area contributed by atoms with Crippen LogP contribution in [0.2, 0.25) is 0 Å². The van der Waals surface area contributed by atoms with Gasteiger partial charge in [0, 0.05) is 24.6 Å². The molecule has 4 rings (SSSR count). The van der Waals surface area contributed by atoms with Crippen LogP contribution >= 0.6 is 12.2 Å². The highest BCUT2D eigenvalue weighted by Crippen LogP contribution is 2.39. The van der Waals surface area contributed by atoms with E-state index >= 15 is 0 Å². The molecule has 26 heavy (non-hydrogen) atoms. The molecule has 1 aliphatic rings. The van der Waals surface area contributed by atoms with Gasteiger partial charge < -0.3 is 19.2 Å². The molecule has 0 saturated carbocycles. The third-order valence-electron chi connectivity index (χ3n) is 4.78. The van der Waals surface area contributed by atoms with Crippen LogP contribution in [0.5, 0.6) is 0 Å². The Hall–Kier alpha value is -2.60. The SMILES string of the molecule is CC(C)n1ccc([C@@H]2[C@@H](c3ccccn3)NC(=S)N2Cc2ccco2)c1. The lowest BCUT2D eigenvalue weighted by Gasteiger charge is -2.26. The van der Waals surface area contributed by atoms with Crippen LogP contribution in [0.1, 0.15) is 49.0 Å². The van der Waals surface area contributed by atoms with Gasteiger partial charge in [-0.25, -0.2) is 0 Å². The van der Waals surface area contributed by atoms with Gasteiger partial charge in [0.2, 0.25) is 0 Å². The van der Waals surface area contributed by atoms with E-state index in [1.165, 1.54) is 5.56 Å². The summed E-state index contributed by atoms with van der Waals surface area (Å²) >= 11 is 5.66. The van der Waals surface area contributed by atoms with Gasteiger partial charge >= 0.3 is 0 Å². The number of furan rings is 1. The number of hydrogen-bond donors (Lipinski definition) is 1. The molecule has 2 atom stereocenters. The van der Waals surface area contributed by atoms with Crippen LogP contribution in [0.4, 0.5) is 0 Å². The molecule has 5 nitrogen and oxygen atoms in total. The smallest absolute Gasteiger partial charge is 0.170 e. The Morgan fingerprint density at radius 1 is 1.23 bits per heavy atom. The fourth-order valence-corrected chi connectivity index (χ4v) is 3.74. The summed E-state index contributed by atoms with van der Waals surface area (Å²) in [6, 6.07) is 12.5. The van der Waals surface area contributed by atoms with E-state index in [1.54, 1.807) is 6.26 Å². The van der Waals surface area contributed by atoms with Crippen LogP contribution in [-0.4, -0.2) is 19.6 Å². The molecule has 0 radical (unpaired) electrons. The highest BCUT2D eigenvalue weighted by molar-refractivity contribution is 7.80. The fourth-order valence-electron chi connectivity index (χ4n) is 3.44. The molecule has 0 unspecified atom stereocenters. The lowest BCUT2D eigenvalue weighted by molar-refractivity contribution is 0.287. The number of pyridine rings is 1. The van der Waals surface area contributed by atoms with Crippen LogP contribution in [0.15, 0.2) is 65.7 Å². The number of thiocarbonyl (C=S) groups is 1. The Balaban J connectivity index is 1.73.